The van der Waals surface area contributed by atoms with Crippen LogP contribution in [0.15, 0.2) is 28.9 Å². The highest BCUT2D eigenvalue weighted by Crippen LogP contribution is 2.31. The van der Waals surface area contributed by atoms with Crippen LogP contribution in [0, 0.1) is 5.82 Å². The van der Waals surface area contributed by atoms with Gasteiger partial charge in [0.05, 0.1) is 12.6 Å². The summed E-state index contributed by atoms with van der Waals surface area (Å²) in [6, 6.07) is 4.94. The van der Waals surface area contributed by atoms with Crippen LogP contribution in [0.3, 0.4) is 0 Å². The number of hydrogen-bond donors (Lipinski definition) is 0. The van der Waals surface area contributed by atoms with E-state index in [0.29, 0.717) is 10.9 Å². The van der Waals surface area contributed by atoms with Crippen molar-refractivity contribution >= 4 is 26.8 Å². The average molecular weight is 256 g/mol. The van der Waals surface area contributed by atoms with E-state index in [2.05, 4.69) is 20.9 Å². The number of nitrogens with zero attached hydrogens (tertiary/aromatic N) is 1. The lowest BCUT2D eigenvalue weighted by Gasteiger charge is -2.06. The molecule has 0 N–H and O–H groups in total. The van der Waals surface area contributed by atoms with Gasteiger partial charge < -0.3 is 4.74 Å². The second kappa shape index (κ2) is 3.53. The van der Waals surface area contributed by atoms with Crippen LogP contribution >= 0.6 is 15.9 Å². The third-order valence-electron chi connectivity index (χ3n) is 1.96. The van der Waals surface area contributed by atoms with Crippen molar-refractivity contribution in [3.8, 4) is 5.75 Å². The normalized spacial score (nSPS) is 10.5. The van der Waals surface area contributed by atoms with Crippen LogP contribution in [0.25, 0.3) is 10.9 Å². The average Bonchev–Trinajstić information content (AvgIpc) is 2.23. The van der Waals surface area contributed by atoms with E-state index >= 15 is 0 Å². The zero-order valence-electron chi connectivity index (χ0n) is 7.42. The summed E-state index contributed by atoms with van der Waals surface area (Å²) in [5.41, 5.74) is 0.603. The monoisotopic (exact) mass is 255 g/mol. The molecule has 0 spiro atoms. The highest BCUT2D eigenvalue weighted by atomic mass is 79.9. The quantitative estimate of drug-likeness (QED) is 0.781. The Morgan fingerprint density at radius 1 is 1.50 bits per heavy atom. The maximum atomic E-state index is 13.7. The van der Waals surface area contributed by atoms with Crippen LogP contribution in [0.5, 0.6) is 5.75 Å². The predicted molar refractivity (Wildman–Crippen MR) is 56.0 cm³/mol. The molecular weight excluding hydrogens is 249 g/mol. The van der Waals surface area contributed by atoms with E-state index in [0.717, 1.165) is 4.47 Å². The molecule has 2 nitrogen and oxygen atoms in total. The second-order valence-electron chi connectivity index (χ2n) is 2.77. The minimum absolute atomic E-state index is 0.220. The first-order valence-corrected chi connectivity index (χ1v) is 4.80. The molecular formula is C10H7BrFNO. The molecule has 0 aliphatic heterocycles. The molecule has 1 heterocycles. The van der Waals surface area contributed by atoms with E-state index in [-0.39, 0.29) is 11.6 Å². The first kappa shape index (κ1) is 9.40. The van der Waals surface area contributed by atoms with Crippen molar-refractivity contribution < 1.29 is 9.13 Å². The van der Waals surface area contributed by atoms with Crippen LogP contribution in [-0.4, -0.2) is 12.1 Å². The van der Waals surface area contributed by atoms with Crippen molar-refractivity contribution in [2.45, 2.75) is 0 Å². The first-order chi connectivity index (χ1) is 6.74. The fraction of sp³-hybridized carbons (Fsp3) is 0.100. The van der Waals surface area contributed by atoms with Gasteiger partial charge >= 0.3 is 0 Å². The number of halogens is 2. The van der Waals surface area contributed by atoms with Crippen LogP contribution in [0.4, 0.5) is 4.39 Å². The SMILES string of the molecule is COc1cc(Br)c2ncccc2c1F. The van der Waals surface area contributed by atoms with E-state index in [1.807, 2.05) is 0 Å². The van der Waals surface area contributed by atoms with E-state index in [1.165, 1.54) is 7.11 Å². The molecule has 0 saturated heterocycles. The molecule has 0 aliphatic rings. The van der Waals surface area contributed by atoms with Gasteiger partial charge in [-0.05, 0) is 34.1 Å². The summed E-state index contributed by atoms with van der Waals surface area (Å²) >= 11 is 3.31. The lowest BCUT2D eigenvalue weighted by molar-refractivity contribution is 0.388. The fourth-order valence-corrected chi connectivity index (χ4v) is 1.82. The standard InChI is InChI=1S/C10H7BrFNO/c1-14-8-5-7(11)10-6(9(8)12)3-2-4-13-10/h2-5H,1H3. The fourth-order valence-electron chi connectivity index (χ4n) is 1.30. The molecule has 0 radical (unpaired) electrons. The van der Waals surface area contributed by atoms with Crippen molar-refractivity contribution in [2.75, 3.05) is 7.11 Å². The molecule has 0 saturated carbocycles. The summed E-state index contributed by atoms with van der Waals surface area (Å²) in [6.45, 7) is 0. The molecule has 14 heavy (non-hydrogen) atoms. The van der Waals surface area contributed by atoms with Crippen molar-refractivity contribution in [2.24, 2.45) is 0 Å². The number of pyridine rings is 1. The van der Waals surface area contributed by atoms with Gasteiger partial charge in [0.25, 0.3) is 0 Å². The molecule has 2 aromatic rings. The minimum atomic E-state index is -0.376. The number of hydrogen-bond acceptors (Lipinski definition) is 2. The maximum absolute atomic E-state index is 13.7. The highest BCUT2D eigenvalue weighted by Gasteiger charge is 2.11. The molecule has 72 valence electrons. The lowest BCUT2D eigenvalue weighted by atomic mass is 10.2. The predicted octanol–water partition coefficient (Wildman–Crippen LogP) is 3.15. The van der Waals surface area contributed by atoms with Gasteiger partial charge in [0.15, 0.2) is 11.6 Å². The van der Waals surface area contributed by atoms with Gasteiger partial charge in [-0.2, -0.15) is 0 Å². The maximum Gasteiger partial charge on any atom is 0.174 e. The Labute approximate surface area is 88.8 Å². The van der Waals surface area contributed by atoms with E-state index in [9.17, 15) is 4.39 Å². The second-order valence-corrected chi connectivity index (χ2v) is 3.63. The Morgan fingerprint density at radius 2 is 2.29 bits per heavy atom. The number of aromatic nitrogens is 1. The van der Waals surface area contributed by atoms with Crippen LogP contribution in [0.2, 0.25) is 0 Å². The van der Waals surface area contributed by atoms with Gasteiger partial charge in [-0.3, -0.25) is 4.98 Å². The van der Waals surface area contributed by atoms with Crippen LogP contribution in [0.1, 0.15) is 0 Å². The van der Waals surface area contributed by atoms with E-state index in [4.69, 9.17) is 4.74 Å². The molecule has 0 atom stereocenters. The smallest absolute Gasteiger partial charge is 0.174 e. The minimum Gasteiger partial charge on any atom is -0.494 e. The number of fused-ring (bicyclic) bond motifs is 1. The Morgan fingerprint density at radius 3 is 3.00 bits per heavy atom. The van der Waals surface area contributed by atoms with Crippen molar-refractivity contribution in [3.05, 3.63) is 34.7 Å². The van der Waals surface area contributed by atoms with E-state index in [1.54, 1.807) is 24.4 Å². The summed E-state index contributed by atoms with van der Waals surface area (Å²) in [7, 11) is 1.44. The van der Waals surface area contributed by atoms with Gasteiger partial charge in [-0.15, -0.1) is 0 Å². The molecule has 0 fully saturated rings. The molecule has 0 aliphatic carbocycles. The van der Waals surface area contributed by atoms with Gasteiger partial charge in [0.2, 0.25) is 0 Å². The molecule has 2 rings (SSSR count). The van der Waals surface area contributed by atoms with Gasteiger partial charge in [-0.1, -0.05) is 0 Å². The number of rotatable bonds is 1. The summed E-state index contributed by atoms with van der Waals surface area (Å²) < 4.78 is 19.3. The molecule has 0 unspecified atom stereocenters. The Hall–Kier alpha value is -1.16. The van der Waals surface area contributed by atoms with Crippen molar-refractivity contribution in [3.63, 3.8) is 0 Å². The zero-order chi connectivity index (χ0) is 10.1. The topological polar surface area (TPSA) is 22.1 Å². The lowest BCUT2D eigenvalue weighted by Crippen LogP contribution is -1.91. The molecule has 0 amide bonds. The summed E-state index contributed by atoms with van der Waals surface area (Å²) in [5.74, 6) is -0.156. The zero-order valence-corrected chi connectivity index (χ0v) is 9.01. The Balaban J connectivity index is 2.87. The first-order valence-electron chi connectivity index (χ1n) is 4.00. The van der Waals surface area contributed by atoms with Gasteiger partial charge in [0.1, 0.15) is 0 Å². The Kier molecular flexibility index (Phi) is 2.37. The molecule has 4 heteroatoms. The molecule has 1 aromatic carbocycles. The number of methoxy groups -OCH3 is 1. The van der Waals surface area contributed by atoms with Crippen molar-refractivity contribution in [1.29, 1.82) is 0 Å². The molecule has 1 aromatic heterocycles. The highest BCUT2D eigenvalue weighted by molar-refractivity contribution is 9.10. The molecule has 0 bridgehead atoms. The number of ether oxygens (including phenoxy) is 1. The van der Waals surface area contributed by atoms with Crippen molar-refractivity contribution in [1.82, 2.24) is 4.98 Å². The van der Waals surface area contributed by atoms with E-state index < -0.39 is 0 Å². The summed E-state index contributed by atoms with van der Waals surface area (Å²) in [5, 5.41) is 0.457. The third kappa shape index (κ3) is 1.35. The summed E-state index contributed by atoms with van der Waals surface area (Å²) in [4.78, 5) is 4.07. The number of benzene rings is 1. The largest absolute Gasteiger partial charge is 0.494 e. The van der Waals surface area contributed by atoms with Gasteiger partial charge in [-0.25, -0.2) is 4.39 Å². The Bertz CT molecular complexity index is 487. The van der Waals surface area contributed by atoms with Crippen LogP contribution in [-0.2, 0) is 0 Å². The van der Waals surface area contributed by atoms with Crippen LogP contribution < -0.4 is 4.74 Å². The summed E-state index contributed by atoms with van der Waals surface area (Å²) in [6.07, 6.45) is 1.62. The van der Waals surface area contributed by atoms with Gasteiger partial charge in [0, 0.05) is 16.1 Å². The third-order valence-corrected chi connectivity index (χ3v) is 2.57.